The molecule has 0 fully saturated rings. The SMILES string of the molecule is C=C(CN(C(=S)c1ccc(Cl)cc1)C(C)C)c1ccccc1. The van der Waals surface area contributed by atoms with Crippen molar-refractivity contribution in [3.8, 4) is 0 Å². The van der Waals surface area contributed by atoms with Gasteiger partial charge in [0.25, 0.3) is 0 Å². The quantitative estimate of drug-likeness (QED) is 0.672. The van der Waals surface area contributed by atoms with E-state index in [1.54, 1.807) is 0 Å². The highest BCUT2D eigenvalue weighted by molar-refractivity contribution is 7.80. The molecule has 0 amide bonds. The molecule has 2 rings (SSSR count). The van der Waals surface area contributed by atoms with E-state index in [0.29, 0.717) is 12.6 Å². The zero-order chi connectivity index (χ0) is 16.1. The van der Waals surface area contributed by atoms with E-state index in [9.17, 15) is 0 Å². The van der Waals surface area contributed by atoms with Crippen molar-refractivity contribution in [1.82, 2.24) is 4.90 Å². The molecule has 0 saturated carbocycles. The van der Waals surface area contributed by atoms with E-state index in [2.05, 4.69) is 37.5 Å². The third-order valence-corrected chi connectivity index (χ3v) is 4.24. The summed E-state index contributed by atoms with van der Waals surface area (Å²) in [6, 6.07) is 18.2. The first kappa shape index (κ1) is 16.7. The van der Waals surface area contributed by atoms with E-state index in [0.717, 1.165) is 26.7 Å². The lowest BCUT2D eigenvalue weighted by Gasteiger charge is -2.30. The molecular formula is C19H20ClNS. The van der Waals surface area contributed by atoms with Crippen LogP contribution >= 0.6 is 23.8 Å². The monoisotopic (exact) mass is 329 g/mol. The maximum Gasteiger partial charge on any atom is 0.109 e. The average molecular weight is 330 g/mol. The van der Waals surface area contributed by atoms with Crippen LogP contribution in [-0.4, -0.2) is 22.5 Å². The van der Waals surface area contributed by atoms with Crippen molar-refractivity contribution < 1.29 is 0 Å². The Labute approximate surface area is 143 Å². The van der Waals surface area contributed by atoms with Gasteiger partial charge >= 0.3 is 0 Å². The smallest absolute Gasteiger partial charge is 0.109 e. The van der Waals surface area contributed by atoms with Crippen molar-refractivity contribution in [2.24, 2.45) is 0 Å². The van der Waals surface area contributed by atoms with E-state index < -0.39 is 0 Å². The van der Waals surface area contributed by atoms with Crippen LogP contribution < -0.4 is 0 Å². The van der Waals surface area contributed by atoms with Gasteiger partial charge in [0.15, 0.2) is 0 Å². The topological polar surface area (TPSA) is 3.24 Å². The first-order valence-corrected chi connectivity index (χ1v) is 8.07. The summed E-state index contributed by atoms with van der Waals surface area (Å²) in [4.78, 5) is 3.01. The third-order valence-electron chi connectivity index (χ3n) is 3.52. The van der Waals surface area contributed by atoms with Crippen LogP contribution in [0.5, 0.6) is 0 Å². The minimum Gasteiger partial charge on any atom is -0.356 e. The maximum absolute atomic E-state index is 5.95. The number of hydrogen-bond acceptors (Lipinski definition) is 1. The lowest BCUT2D eigenvalue weighted by molar-refractivity contribution is 0.395. The zero-order valence-electron chi connectivity index (χ0n) is 12.9. The number of halogens is 1. The van der Waals surface area contributed by atoms with E-state index in [-0.39, 0.29) is 0 Å². The van der Waals surface area contributed by atoms with Gasteiger partial charge in [0, 0.05) is 23.2 Å². The second kappa shape index (κ2) is 7.57. The van der Waals surface area contributed by atoms with Gasteiger partial charge in [0.1, 0.15) is 4.99 Å². The Bertz CT molecular complexity index is 647. The lowest BCUT2D eigenvalue weighted by Crippen LogP contribution is -2.37. The molecule has 1 nitrogen and oxygen atoms in total. The molecule has 0 saturated heterocycles. The van der Waals surface area contributed by atoms with Gasteiger partial charge in [-0.25, -0.2) is 0 Å². The Morgan fingerprint density at radius 2 is 1.64 bits per heavy atom. The van der Waals surface area contributed by atoms with Crippen LogP contribution in [0.25, 0.3) is 5.57 Å². The van der Waals surface area contributed by atoms with Gasteiger partial charge in [-0.15, -0.1) is 0 Å². The van der Waals surface area contributed by atoms with Crippen LogP contribution in [0.2, 0.25) is 5.02 Å². The molecule has 0 radical (unpaired) electrons. The largest absolute Gasteiger partial charge is 0.356 e. The van der Waals surface area contributed by atoms with E-state index in [1.165, 1.54) is 0 Å². The minimum atomic E-state index is 0.295. The Hall–Kier alpha value is -1.64. The van der Waals surface area contributed by atoms with Gasteiger partial charge in [-0.1, -0.05) is 72.9 Å². The lowest BCUT2D eigenvalue weighted by atomic mass is 10.1. The predicted octanol–water partition coefficient (Wildman–Crippen LogP) is 5.44. The van der Waals surface area contributed by atoms with Gasteiger partial charge in [-0.3, -0.25) is 0 Å². The summed E-state index contributed by atoms with van der Waals surface area (Å²) in [5.74, 6) is 0. The van der Waals surface area contributed by atoms with Crippen LogP contribution in [0.1, 0.15) is 25.0 Å². The van der Waals surface area contributed by atoms with Gasteiger partial charge in [-0.05, 0) is 37.1 Å². The second-order valence-corrected chi connectivity index (χ2v) is 6.33. The molecule has 0 aliphatic rings. The van der Waals surface area contributed by atoms with Crippen molar-refractivity contribution in [3.05, 3.63) is 77.3 Å². The molecule has 3 heteroatoms. The molecule has 2 aromatic rings. The minimum absolute atomic E-state index is 0.295. The molecule has 114 valence electrons. The fourth-order valence-corrected chi connectivity index (χ4v) is 2.76. The molecule has 0 N–H and O–H groups in total. The molecule has 0 unspecified atom stereocenters. The summed E-state index contributed by atoms with van der Waals surface area (Å²) >= 11 is 11.6. The van der Waals surface area contributed by atoms with Crippen molar-refractivity contribution in [1.29, 1.82) is 0 Å². The van der Waals surface area contributed by atoms with E-state index in [1.807, 2.05) is 42.5 Å². The fourth-order valence-electron chi connectivity index (χ4n) is 2.22. The molecule has 0 spiro atoms. The van der Waals surface area contributed by atoms with Crippen LogP contribution in [-0.2, 0) is 0 Å². The molecule has 2 aromatic carbocycles. The number of nitrogens with zero attached hydrogens (tertiary/aromatic N) is 1. The molecular weight excluding hydrogens is 310 g/mol. The van der Waals surface area contributed by atoms with Crippen LogP contribution in [0.3, 0.4) is 0 Å². The summed E-state index contributed by atoms with van der Waals surface area (Å²) in [6.45, 7) is 9.21. The molecule has 0 aliphatic carbocycles. The van der Waals surface area contributed by atoms with Gasteiger partial charge in [0.05, 0.1) is 0 Å². The normalized spacial score (nSPS) is 10.5. The number of thiocarbonyl (C=S) groups is 1. The zero-order valence-corrected chi connectivity index (χ0v) is 14.5. The maximum atomic E-state index is 5.95. The molecule has 22 heavy (non-hydrogen) atoms. The number of hydrogen-bond donors (Lipinski definition) is 0. The van der Waals surface area contributed by atoms with Crippen LogP contribution in [0.4, 0.5) is 0 Å². The first-order valence-electron chi connectivity index (χ1n) is 7.28. The average Bonchev–Trinajstić information content (AvgIpc) is 2.53. The summed E-state index contributed by atoms with van der Waals surface area (Å²) in [6.07, 6.45) is 0. The highest BCUT2D eigenvalue weighted by Crippen LogP contribution is 2.19. The fraction of sp³-hybridized carbons (Fsp3) is 0.211. The Morgan fingerprint density at radius 1 is 1.05 bits per heavy atom. The molecule has 0 bridgehead atoms. The highest BCUT2D eigenvalue weighted by atomic mass is 35.5. The molecule has 0 aliphatic heterocycles. The second-order valence-electron chi connectivity index (χ2n) is 5.50. The van der Waals surface area contributed by atoms with Gasteiger partial charge < -0.3 is 4.90 Å². The molecule has 0 atom stereocenters. The van der Waals surface area contributed by atoms with Crippen molar-refractivity contribution in [3.63, 3.8) is 0 Å². The molecule has 0 heterocycles. The Balaban J connectivity index is 2.18. The highest BCUT2D eigenvalue weighted by Gasteiger charge is 2.16. The molecule has 0 aromatic heterocycles. The number of benzene rings is 2. The van der Waals surface area contributed by atoms with E-state index in [4.69, 9.17) is 23.8 Å². The van der Waals surface area contributed by atoms with Gasteiger partial charge in [-0.2, -0.15) is 0 Å². The van der Waals surface area contributed by atoms with E-state index >= 15 is 0 Å². The number of rotatable bonds is 5. The third kappa shape index (κ3) is 4.19. The standard InChI is InChI=1S/C19H20ClNS/c1-14(2)21(13-15(3)16-7-5-4-6-8-16)19(22)17-9-11-18(20)12-10-17/h4-12,14H,3,13H2,1-2H3. The Kier molecular flexibility index (Phi) is 5.76. The summed E-state index contributed by atoms with van der Waals surface area (Å²) in [5.41, 5.74) is 3.21. The predicted molar refractivity (Wildman–Crippen MR) is 100 cm³/mol. The van der Waals surface area contributed by atoms with Crippen molar-refractivity contribution in [2.45, 2.75) is 19.9 Å². The van der Waals surface area contributed by atoms with Crippen LogP contribution in [0.15, 0.2) is 61.2 Å². The Morgan fingerprint density at radius 3 is 2.18 bits per heavy atom. The summed E-state index contributed by atoms with van der Waals surface area (Å²) in [5, 5.41) is 0.719. The summed E-state index contributed by atoms with van der Waals surface area (Å²) < 4.78 is 0. The van der Waals surface area contributed by atoms with Crippen molar-refractivity contribution in [2.75, 3.05) is 6.54 Å². The van der Waals surface area contributed by atoms with Crippen molar-refractivity contribution >= 4 is 34.4 Å². The van der Waals surface area contributed by atoms with Crippen LogP contribution in [0, 0.1) is 0 Å². The summed E-state index contributed by atoms with van der Waals surface area (Å²) in [7, 11) is 0. The first-order chi connectivity index (χ1) is 10.5. The van der Waals surface area contributed by atoms with Gasteiger partial charge in [0.2, 0.25) is 0 Å².